The number of nitrogens with zero attached hydrogens (tertiary/aromatic N) is 1. The third-order valence-electron chi connectivity index (χ3n) is 5.09. The first-order valence-corrected chi connectivity index (χ1v) is 8.32. The fourth-order valence-corrected chi connectivity index (χ4v) is 3.93. The van der Waals surface area contributed by atoms with E-state index in [0.29, 0.717) is 17.4 Å². The lowest BCUT2D eigenvalue weighted by molar-refractivity contribution is -0.119. The molecule has 2 atom stereocenters. The molecule has 0 aromatic heterocycles. The van der Waals surface area contributed by atoms with Gasteiger partial charge in [0, 0.05) is 5.69 Å². The Balaban J connectivity index is 1.63. The molecule has 2 N–H and O–H groups in total. The average molecular weight is 297 g/mol. The van der Waals surface area contributed by atoms with Gasteiger partial charge < -0.3 is 10.6 Å². The lowest BCUT2D eigenvalue weighted by Gasteiger charge is -2.30. The Morgan fingerprint density at radius 3 is 2.55 bits per heavy atom. The third kappa shape index (κ3) is 3.31. The summed E-state index contributed by atoms with van der Waals surface area (Å²) in [5, 5.41) is 15.2. The van der Waals surface area contributed by atoms with Crippen LogP contribution in [0.5, 0.6) is 0 Å². The van der Waals surface area contributed by atoms with Crippen molar-refractivity contribution < 1.29 is 4.79 Å². The fourth-order valence-electron chi connectivity index (χ4n) is 3.93. The normalized spacial score (nSPS) is 25.6. The van der Waals surface area contributed by atoms with Crippen LogP contribution in [0, 0.1) is 23.2 Å². The standard InChI is InChI=1S/C18H23N3O/c19-12-13-6-8-15(9-7-13)21-18(22)17-16(10-11-20-17)14-4-2-1-3-5-14/h6-9,14,16-17,20H,1-5,10-11H2,(H,21,22)/t16?,17-/m0/s1. The van der Waals surface area contributed by atoms with Crippen molar-refractivity contribution in [3.8, 4) is 6.07 Å². The van der Waals surface area contributed by atoms with E-state index < -0.39 is 0 Å². The molecule has 1 heterocycles. The SMILES string of the molecule is N#Cc1ccc(NC(=O)[C@H]2NCCC2C2CCCCC2)cc1. The Bertz CT molecular complexity index is 555. The molecule has 4 nitrogen and oxygen atoms in total. The maximum absolute atomic E-state index is 12.6. The number of nitrogens with one attached hydrogen (secondary N) is 2. The second kappa shape index (κ2) is 6.93. The fraction of sp³-hybridized carbons (Fsp3) is 0.556. The highest BCUT2D eigenvalue weighted by Crippen LogP contribution is 2.36. The maximum Gasteiger partial charge on any atom is 0.241 e. The number of hydrogen-bond donors (Lipinski definition) is 2. The highest BCUT2D eigenvalue weighted by atomic mass is 16.2. The predicted molar refractivity (Wildman–Crippen MR) is 86.3 cm³/mol. The quantitative estimate of drug-likeness (QED) is 0.901. The van der Waals surface area contributed by atoms with Gasteiger partial charge >= 0.3 is 0 Å². The van der Waals surface area contributed by atoms with Crippen molar-refractivity contribution in [2.45, 2.75) is 44.6 Å². The van der Waals surface area contributed by atoms with Crippen LogP contribution < -0.4 is 10.6 Å². The Labute approximate surface area is 131 Å². The van der Waals surface area contributed by atoms with Gasteiger partial charge in [0.15, 0.2) is 0 Å². The molecule has 22 heavy (non-hydrogen) atoms. The van der Waals surface area contributed by atoms with E-state index in [-0.39, 0.29) is 11.9 Å². The van der Waals surface area contributed by atoms with Gasteiger partial charge in [-0.05, 0) is 49.1 Å². The molecule has 0 radical (unpaired) electrons. The molecule has 1 saturated carbocycles. The minimum Gasteiger partial charge on any atom is -0.325 e. The molecule has 4 heteroatoms. The van der Waals surface area contributed by atoms with Crippen molar-refractivity contribution in [1.82, 2.24) is 5.32 Å². The van der Waals surface area contributed by atoms with E-state index in [1.165, 1.54) is 32.1 Å². The minimum atomic E-state index is -0.0706. The number of carbonyl (C=O) groups excluding carboxylic acids is 1. The minimum absolute atomic E-state index is 0.0674. The Hall–Kier alpha value is -1.86. The van der Waals surface area contributed by atoms with Gasteiger partial charge in [-0.1, -0.05) is 32.1 Å². The first-order chi connectivity index (χ1) is 10.8. The van der Waals surface area contributed by atoms with Gasteiger partial charge in [0.1, 0.15) is 0 Å². The summed E-state index contributed by atoms with van der Waals surface area (Å²) in [5.41, 5.74) is 1.37. The Kier molecular flexibility index (Phi) is 4.74. The van der Waals surface area contributed by atoms with E-state index in [1.807, 2.05) is 0 Å². The number of rotatable bonds is 3. The molecule has 1 aliphatic heterocycles. The zero-order valence-electron chi connectivity index (χ0n) is 12.8. The van der Waals surface area contributed by atoms with Crippen molar-refractivity contribution in [1.29, 1.82) is 5.26 Å². The second-order valence-corrected chi connectivity index (χ2v) is 6.46. The number of nitriles is 1. The monoisotopic (exact) mass is 297 g/mol. The average Bonchev–Trinajstić information content (AvgIpc) is 3.06. The highest BCUT2D eigenvalue weighted by molar-refractivity contribution is 5.95. The Morgan fingerprint density at radius 1 is 1.14 bits per heavy atom. The van der Waals surface area contributed by atoms with E-state index in [4.69, 9.17) is 5.26 Å². The zero-order valence-corrected chi connectivity index (χ0v) is 12.8. The van der Waals surface area contributed by atoms with Crippen molar-refractivity contribution in [3.05, 3.63) is 29.8 Å². The lowest BCUT2D eigenvalue weighted by Crippen LogP contribution is -2.42. The van der Waals surface area contributed by atoms with E-state index in [9.17, 15) is 4.79 Å². The molecule has 116 valence electrons. The topological polar surface area (TPSA) is 64.9 Å². The van der Waals surface area contributed by atoms with Crippen LogP contribution in [-0.4, -0.2) is 18.5 Å². The summed E-state index contributed by atoms with van der Waals surface area (Å²) in [7, 11) is 0. The molecule has 0 spiro atoms. The van der Waals surface area contributed by atoms with Crippen LogP contribution in [0.4, 0.5) is 5.69 Å². The van der Waals surface area contributed by atoms with Gasteiger partial charge in [-0.25, -0.2) is 0 Å². The van der Waals surface area contributed by atoms with Crippen LogP contribution >= 0.6 is 0 Å². The van der Waals surface area contributed by atoms with Crippen LogP contribution in [0.1, 0.15) is 44.1 Å². The van der Waals surface area contributed by atoms with E-state index in [2.05, 4.69) is 16.7 Å². The summed E-state index contributed by atoms with van der Waals surface area (Å²) < 4.78 is 0. The molecule has 1 unspecified atom stereocenters. The van der Waals surface area contributed by atoms with E-state index >= 15 is 0 Å². The van der Waals surface area contributed by atoms with Gasteiger partial charge in [-0.2, -0.15) is 5.26 Å². The number of benzene rings is 1. The summed E-state index contributed by atoms with van der Waals surface area (Å²) in [4.78, 5) is 12.6. The van der Waals surface area contributed by atoms with E-state index in [0.717, 1.165) is 18.7 Å². The highest BCUT2D eigenvalue weighted by Gasteiger charge is 2.38. The van der Waals surface area contributed by atoms with Gasteiger partial charge in [-0.3, -0.25) is 4.79 Å². The van der Waals surface area contributed by atoms with Gasteiger partial charge in [0.25, 0.3) is 0 Å². The molecule has 2 aliphatic rings. The molecule has 0 bridgehead atoms. The van der Waals surface area contributed by atoms with Crippen LogP contribution in [0.15, 0.2) is 24.3 Å². The first kappa shape index (κ1) is 15.1. The lowest BCUT2D eigenvalue weighted by atomic mass is 9.76. The van der Waals surface area contributed by atoms with E-state index in [1.54, 1.807) is 24.3 Å². The number of anilines is 1. The second-order valence-electron chi connectivity index (χ2n) is 6.46. The van der Waals surface area contributed by atoms with Crippen LogP contribution in [-0.2, 0) is 4.79 Å². The number of hydrogen-bond acceptors (Lipinski definition) is 3. The van der Waals surface area contributed by atoms with Crippen molar-refractivity contribution in [2.75, 3.05) is 11.9 Å². The maximum atomic E-state index is 12.6. The smallest absolute Gasteiger partial charge is 0.241 e. The molecule has 1 aromatic rings. The zero-order chi connectivity index (χ0) is 15.4. The summed E-state index contributed by atoms with van der Waals surface area (Å²) >= 11 is 0. The third-order valence-corrected chi connectivity index (χ3v) is 5.09. The van der Waals surface area contributed by atoms with Crippen LogP contribution in [0.2, 0.25) is 0 Å². The van der Waals surface area contributed by atoms with Crippen LogP contribution in [0.3, 0.4) is 0 Å². The molecule has 1 amide bonds. The summed E-state index contributed by atoms with van der Waals surface area (Å²) in [5.74, 6) is 1.23. The number of amides is 1. The molecule has 3 rings (SSSR count). The summed E-state index contributed by atoms with van der Waals surface area (Å²) in [6.07, 6.45) is 7.62. The van der Waals surface area contributed by atoms with Crippen molar-refractivity contribution >= 4 is 11.6 Å². The molecular formula is C18H23N3O. The summed E-state index contributed by atoms with van der Waals surface area (Å²) in [6.45, 7) is 0.937. The first-order valence-electron chi connectivity index (χ1n) is 8.32. The molecular weight excluding hydrogens is 274 g/mol. The predicted octanol–water partition coefficient (Wildman–Crippen LogP) is 3.06. The van der Waals surface area contributed by atoms with Gasteiger partial charge in [0.2, 0.25) is 5.91 Å². The van der Waals surface area contributed by atoms with Gasteiger partial charge in [-0.15, -0.1) is 0 Å². The number of carbonyl (C=O) groups is 1. The molecule has 1 saturated heterocycles. The molecule has 1 aliphatic carbocycles. The van der Waals surface area contributed by atoms with Crippen LogP contribution in [0.25, 0.3) is 0 Å². The summed E-state index contributed by atoms with van der Waals surface area (Å²) in [6, 6.07) is 9.07. The largest absolute Gasteiger partial charge is 0.325 e. The molecule has 1 aromatic carbocycles. The van der Waals surface area contributed by atoms with Crippen molar-refractivity contribution in [2.24, 2.45) is 11.8 Å². The van der Waals surface area contributed by atoms with Gasteiger partial charge in [0.05, 0.1) is 17.7 Å². The van der Waals surface area contributed by atoms with Crippen molar-refractivity contribution in [3.63, 3.8) is 0 Å². The molecule has 2 fully saturated rings. The Morgan fingerprint density at radius 2 is 1.86 bits per heavy atom.